The molecule has 3 nitrogen and oxygen atoms in total. The van der Waals surface area contributed by atoms with Gasteiger partial charge in [0, 0.05) is 10.6 Å². The Bertz CT molecular complexity index is 1640. The molecule has 5 rings (SSSR count). The molecule has 0 aliphatic carbocycles. The molecule has 0 radical (unpaired) electrons. The van der Waals surface area contributed by atoms with Gasteiger partial charge in [0.25, 0.3) is 5.56 Å². The van der Waals surface area contributed by atoms with E-state index in [4.69, 9.17) is 16.6 Å². The first kappa shape index (κ1) is 21.9. The van der Waals surface area contributed by atoms with Gasteiger partial charge in [-0.3, -0.25) is 9.36 Å². The maximum atomic E-state index is 13.6. The smallest absolute Gasteiger partial charge is 0.266 e. The van der Waals surface area contributed by atoms with Crippen LogP contribution in [0.5, 0.6) is 0 Å². The van der Waals surface area contributed by atoms with Gasteiger partial charge in [-0.25, -0.2) is 4.98 Å². The Kier molecular flexibility index (Phi) is 6.14. The maximum Gasteiger partial charge on any atom is 0.266 e. The van der Waals surface area contributed by atoms with Gasteiger partial charge in [0.1, 0.15) is 5.82 Å². The monoisotopic (exact) mass is 478 g/mol. The summed E-state index contributed by atoms with van der Waals surface area (Å²) in [6.45, 7) is 1.99. The Morgan fingerprint density at radius 1 is 0.941 bits per heavy atom. The summed E-state index contributed by atoms with van der Waals surface area (Å²) in [4.78, 5) is 19.4. The summed E-state index contributed by atoms with van der Waals surface area (Å²) in [5.41, 5.74) is 4.14. The van der Waals surface area contributed by atoms with Crippen LogP contribution in [0, 0.1) is 18.8 Å². The lowest BCUT2D eigenvalue weighted by molar-refractivity contribution is 0.934. The molecule has 0 saturated carbocycles. The van der Waals surface area contributed by atoms with Crippen LogP contribution in [0.25, 0.3) is 28.7 Å². The van der Waals surface area contributed by atoms with Crippen LogP contribution in [0.15, 0.2) is 89.0 Å². The Morgan fingerprint density at radius 3 is 2.53 bits per heavy atom. The third kappa shape index (κ3) is 4.58. The molecule has 34 heavy (non-hydrogen) atoms. The van der Waals surface area contributed by atoms with E-state index in [-0.39, 0.29) is 5.56 Å². The number of hydrogen-bond donors (Lipinski definition) is 0. The van der Waals surface area contributed by atoms with Crippen LogP contribution in [0.4, 0.5) is 0 Å². The van der Waals surface area contributed by atoms with Crippen molar-refractivity contribution in [2.75, 3.05) is 0 Å². The molecule has 5 aromatic rings. The van der Waals surface area contributed by atoms with Crippen molar-refractivity contribution in [1.82, 2.24) is 9.55 Å². The Hall–Kier alpha value is -3.91. The summed E-state index contributed by atoms with van der Waals surface area (Å²) in [5.74, 6) is 6.95. The van der Waals surface area contributed by atoms with E-state index in [1.807, 2.05) is 103 Å². The minimum atomic E-state index is -0.109. The van der Waals surface area contributed by atoms with Crippen LogP contribution in [0.1, 0.15) is 27.4 Å². The molecule has 2 aromatic heterocycles. The van der Waals surface area contributed by atoms with Crippen LogP contribution < -0.4 is 5.56 Å². The number of rotatable bonds is 3. The zero-order valence-corrected chi connectivity index (χ0v) is 19.9. The molecule has 0 unspecified atom stereocenters. The van der Waals surface area contributed by atoms with Gasteiger partial charge >= 0.3 is 0 Å². The SMILES string of the molecule is Cc1cc(C#Cc2cccs2)ccc1-n1c(/C=C/c2ccc(Cl)cc2)nc2ccccc2c1=O. The highest BCUT2D eigenvalue weighted by Crippen LogP contribution is 2.20. The van der Waals surface area contributed by atoms with Gasteiger partial charge in [0.15, 0.2) is 0 Å². The first-order valence-electron chi connectivity index (χ1n) is 10.7. The maximum absolute atomic E-state index is 13.6. The summed E-state index contributed by atoms with van der Waals surface area (Å²) >= 11 is 7.62. The molecule has 0 N–H and O–H groups in total. The van der Waals surface area contributed by atoms with Crippen molar-refractivity contribution in [2.45, 2.75) is 6.92 Å². The second-order valence-corrected chi connectivity index (χ2v) is 9.13. The second kappa shape index (κ2) is 9.52. The molecule has 5 heteroatoms. The molecule has 164 valence electrons. The number of aromatic nitrogens is 2. The topological polar surface area (TPSA) is 34.9 Å². The van der Waals surface area contributed by atoms with E-state index in [1.165, 1.54) is 0 Å². The normalized spacial score (nSPS) is 11.0. The molecule has 2 heterocycles. The lowest BCUT2D eigenvalue weighted by Gasteiger charge is -2.14. The van der Waals surface area contributed by atoms with Crippen LogP contribution in [-0.4, -0.2) is 9.55 Å². The fourth-order valence-electron chi connectivity index (χ4n) is 3.71. The Labute approximate surface area is 206 Å². The van der Waals surface area contributed by atoms with E-state index in [0.717, 1.165) is 27.3 Å². The lowest BCUT2D eigenvalue weighted by atomic mass is 10.1. The van der Waals surface area contributed by atoms with Gasteiger partial charge in [-0.2, -0.15) is 0 Å². The summed E-state index contributed by atoms with van der Waals surface area (Å²) in [7, 11) is 0. The summed E-state index contributed by atoms with van der Waals surface area (Å²) in [5, 5.41) is 3.26. The van der Waals surface area contributed by atoms with Crippen molar-refractivity contribution < 1.29 is 0 Å². The molecular weight excluding hydrogens is 460 g/mol. The van der Waals surface area contributed by atoms with E-state index < -0.39 is 0 Å². The molecule has 0 aliphatic rings. The molecule has 0 bridgehead atoms. The fourth-order valence-corrected chi connectivity index (χ4v) is 4.40. The minimum Gasteiger partial charge on any atom is -0.268 e. The van der Waals surface area contributed by atoms with E-state index >= 15 is 0 Å². The Morgan fingerprint density at radius 2 is 1.76 bits per heavy atom. The van der Waals surface area contributed by atoms with Crippen molar-refractivity contribution in [3.8, 4) is 17.5 Å². The van der Waals surface area contributed by atoms with Gasteiger partial charge in [0.2, 0.25) is 0 Å². The Balaban J connectivity index is 1.63. The first-order valence-corrected chi connectivity index (χ1v) is 12.0. The second-order valence-electron chi connectivity index (χ2n) is 7.74. The van der Waals surface area contributed by atoms with Crippen molar-refractivity contribution in [3.63, 3.8) is 0 Å². The third-order valence-corrected chi connectivity index (χ3v) is 6.42. The highest BCUT2D eigenvalue weighted by Gasteiger charge is 2.13. The van der Waals surface area contributed by atoms with Gasteiger partial charge in [-0.05, 0) is 78.0 Å². The quantitative estimate of drug-likeness (QED) is 0.262. The highest BCUT2D eigenvalue weighted by molar-refractivity contribution is 7.10. The third-order valence-electron chi connectivity index (χ3n) is 5.39. The van der Waals surface area contributed by atoms with Crippen molar-refractivity contribution in [3.05, 3.63) is 127 Å². The van der Waals surface area contributed by atoms with Crippen LogP contribution >= 0.6 is 22.9 Å². The van der Waals surface area contributed by atoms with E-state index in [2.05, 4.69) is 11.8 Å². The van der Waals surface area contributed by atoms with Gasteiger partial charge in [-0.1, -0.05) is 59.8 Å². The van der Waals surface area contributed by atoms with E-state index in [0.29, 0.717) is 21.7 Å². The van der Waals surface area contributed by atoms with Crippen molar-refractivity contribution in [2.24, 2.45) is 0 Å². The summed E-state index contributed by atoms with van der Waals surface area (Å²) in [6, 6.07) is 24.8. The first-order chi connectivity index (χ1) is 16.6. The zero-order valence-electron chi connectivity index (χ0n) is 18.3. The number of halogens is 1. The molecule has 0 spiro atoms. The summed E-state index contributed by atoms with van der Waals surface area (Å²) < 4.78 is 1.67. The standard InChI is InChI=1S/C29H19ClN2OS/c1-20-19-22(10-15-24-5-4-18-34-24)11-16-27(20)32-28(17-12-21-8-13-23(30)14-9-21)31-26-7-3-2-6-25(26)29(32)33/h2-9,11-14,16-19H,1H3/b17-12+. The lowest BCUT2D eigenvalue weighted by Crippen LogP contribution is -2.23. The molecule has 0 amide bonds. The molecule has 0 aliphatic heterocycles. The predicted octanol–water partition coefficient (Wildman–Crippen LogP) is 6.98. The molecular formula is C29H19ClN2OS. The molecule has 0 atom stereocenters. The number of aryl methyl sites for hydroxylation is 1. The van der Waals surface area contributed by atoms with Crippen LogP contribution in [-0.2, 0) is 0 Å². The number of fused-ring (bicyclic) bond motifs is 1. The number of hydrogen-bond acceptors (Lipinski definition) is 3. The average molecular weight is 479 g/mol. The van der Waals surface area contributed by atoms with Crippen molar-refractivity contribution >= 4 is 46.0 Å². The van der Waals surface area contributed by atoms with Crippen molar-refractivity contribution in [1.29, 1.82) is 0 Å². The molecule has 3 aromatic carbocycles. The summed E-state index contributed by atoms with van der Waals surface area (Å²) in [6.07, 6.45) is 3.79. The van der Waals surface area contributed by atoms with Gasteiger partial charge in [0.05, 0.1) is 21.5 Å². The van der Waals surface area contributed by atoms with Crippen LogP contribution in [0.2, 0.25) is 5.02 Å². The average Bonchev–Trinajstić information content (AvgIpc) is 3.37. The highest BCUT2D eigenvalue weighted by atomic mass is 35.5. The minimum absolute atomic E-state index is 0.109. The molecule has 0 saturated heterocycles. The largest absolute Gasteiger partial charge is 0.268 e. The van der Waals surface area contributed by atoms with Gasteiger partial charge < -0.3 is 0 Å². The van der Waals surface area contributed by atoms with E-state index in [9.17, 15) is 4.79 Å². The fraction of sp³-hybridized carbons (Fsp3) is 0.0345. The number of thiophene rings is 1. The number of benzene rings is 3. The van der Waals surface area contributed by atoms with E-state index in [1.54, 1.807) is 15.9 Å². The predicted molar refractivity (Wildman–Crippen MR) is 143 cm³/mol. The zero-order chi connectivity index (χ0) is 23.5. The van der Waals surface area contributed by atoms with Gasteiger partial charge in [-0.15, -0.1) is 11.3 Å². The molecule has 0 fully saturated rings. The van der Waals surface area contributed by atoms with Crippen LogP contribution in [0.3, 0.4) is 0 Å². The number of para-hydroxylation sites is 1. The number of nitrogens with zero attached hydrogens (tertiary/aromatic N) is 2.